The number of ether oxygens (including phenoxy) is 1. The smallest absolute Gasteiger partial charge is 0.468 e. The van der Waals surface area contributed by atoms with E-state index in [1.165, 1.54) is 11.7 Å². The van der Waals surface area contributed by atoms with Crippen molar-refractivity contribution in [3.05, 3.63) is 34.2 Å². The van der Waals surface area contributed by atoms with E-state index in [-0.39, 0.29) is 12.1 Å². The summed E-state index contributed by atoms with van der Waals surface area (Å²) in [6.07, 6.45) is 2.49. The number of nitrogens with zero attached hydrogens (tertiary/aromatic N) is 1. The number of methoxy groups -OCH3 is 1. The summed E-state index contributed by atoms with van der Waals surface area (Å²) >= 11 is 1.67. The van der Waals surface area contributed by atoms with Gasteiger partial charge in [0.1, 0.15) is 6.54 Å². The maximum Gasteiger partial charge on any atom is 0.500 e. The Morgan fingerprint density at radius 3 is 2.33 bits per heavy atom. The number of hydrogen-bond donors (Lipinski definition) is 0. The van der Waals surface area contributed by atoms with Crippen LogP contribution in [0, 0.1) is 0 Å². The topological polar surface area (TPSA) is 76.0 Å². The minimum atomic E-state index is -2.60. The molecule has 0 amide bonds. The quantitative estimate of drug-likeness (QED) is 0.262. The maximum atomic E-state index is 12.4. The van der Waals surface area contributed by atoms with Crippen molar-refractivity contribution in [1.82, 2.24) is 4.57 Å². The van der Waals surface area contributed by atoms with Gasteiger partial charge < -0.3 is 22.6 Å². The number of hydrogen-bond acceptors (Lipinski definition) is 7. The molecule has 0 radical (unpaired) electrons. The first-order valence-corrected chi connectivity index (χ1v) is 12.3. The molecule has 1 aromatic heterocycles. The second-order valence-electron chi connectivity index (χ2n) is 5.68. The standard InChI is InChI=1S/C18H31NO6SSi/c1-5-23-27(24-6-2,25-7-3)13-9-12-26-15-16-10-8-11-19(18(16)21)14-17(20)22-4/h8,10-11H,5-7,9,12-15H2,1-4H3. The lowest BCUT2D eigenvalue weighted by atomic mass is 10.3. The zero-order chi connectivity index (χ0) is 20.1. The van der Waals surface area contributed by atoms with Crippen molar-refractivity contribution in [1.29, 1.82) is 0 Å². The van der Waals surface area contributed by atoms with Crippen LogP contribution in [-0.4, -0.2) is 52.0 Å². The summed E-state index contributed by atoms with van der Waals surface area (Å²) in [5.74, 6) is 1.02. The van der Waals surface area contributed by atoms with Crippen LogP contribution in [0.3, 0.4) is 0 Å². The van der Waals surface area contributed by atoms with Crippen molar-refractivity contribution in [3.8, 4) is 0 Å². The van der Waals surface area contributed by atoms with E-state index in [1.807, 2.05) is 20.8 Å². The minimum absolute atomic E-state index is 0.0704. The van der Waals surface area contributed by atoms with Gasteiger partial charge in [0, 0.05) is 43.4 Å². The lowest BCUT2D eigenvalue weighted by Crippen LogP contribution is -2.46. The van der Waals surface area contributed by atoms with Crippen LogP contribution in [0.1, 0.15) is 32.8 Å². The van der Waals surface area contributed by atoms with Gasteiger partial charge in [-0.3, -0.25) is 9.59 Å². The number of rotatable bonds is 14. The van der Waals surface area contributed by atoms with E-state index in [1.54, 1.807) is 30.1 Å². The van der Waals surface area contributed by atoms with Crippen LogP contribution in [0.15, 0.2) is 23.1 Å². The Labute approximate surface area is 166 Å². The molecule has 0 saturated carbocycles. The first-order valence-electron chi connectivity index (χ1n) is 9.26. The first-order chi connectivity index (χ1) is 13.0. The Kier molecular flexibility index (Phi) is 11.6. The number of thioether (sulfide) groups is 1. The zero-order valence-electron chi connectivity index (χ0n) is 16.7. The lowest BCUT2D eigenvalue weighted by molar-refractivity contribution is -0.141. The molecule has 27 heavy (non-hydrogen) atoms. The molecule has 0 bridgehead atoms. The fourth-order valence-electron chi connectivity index (χ4n) is 2.60. The summed E-state index contributed by atoms with van der Waals surface area (Å²) in [6.45, 7) is 7.49. The van der Waals surface area contributed by atoms with E-state index >= 15 is 0 Å². The molecule has 7 nitrogen and oxygen atoms in total. The van der Waals surface area contributed by atoms with Crippen LogP contribution in [0.25, 0.3) is 0 Å². The zero-order valence-corrected chi connectivity index (χ0v) is 18.5. The Morgan fingerprint density at radius 2 is 1.78 bits per heavy atom. The molecule has 1 aromatic rings. The van der Waals surface area contributed by atoms with E-state index in [2.05, 4.69) is 4.74 Å². The van der Waals surface area contributed by atoms with Gasteiger partial charge in [-0.15, -0.1) is 0 Å². The van der Waals surface area contributed by atoms with Crippen LogP contribution in [-0.2, 0) is 35.1 Å². The average molecular weight is 418 g/mol. The molecule has 9 heteroatoms. The molecular weight excluding hydrogens is 386 g/mol. The highest BCUT2D eigenvalue weighted by atomic mass is 32.2. The van der Waals surface area contributed by atoms with Crippen molar-refractivity contribution < 1.29 is 22.8 Å². The number of pyridine rings is 1. The van der Waals surface area contributed by atoms with Crippen LogP contribution >= 0.6 is 11.8 Å². The summed E-state index contributed by atoms with van der Waals surface area (Å²) in [5.41, 5.74) is 0.520. The molecule has 0 aliphatic rings. The van der Waals surface area contributed by atoms with Crippen LogP contribution < -0.4 is 5.56 Å². The third-order valence-electron chi connectivity index (χ3n) is 3.75. The molecule has 0 atom stereocenters. The van der Waals surface area contributed by atoms with E-state index in [4.69, 9.17) is 13.3 Å². The third kappa shape index (κ3) is 8.18. The predicted octanol–water partition coefficient (Wildman–Crippen LogP) is 2.69. The molecule has 1 heterocycles. The van der Waals surface area contributed by atoms with Gasteiger partial charge in [-0.25, -0.2) is 0 Å². The highest BCUT2D eigenvalue weighted by Crippen LogP contribution is 2.21. The monoisotopic (exact) mass is 417 g/mol. The van der Waals surface area contributed by atoms with Gasteiger partial charge in [0.05, 0.1) is 7.11 Å². The van der Waals surface area contributed by atoms with Crippen LogP contribution in [0.2, 0.25) is 6.04 Å². The van der Waals surface area contributed by atoms with Crippen LogP contribution in [0.5, 0.6) is 0 Å². The van der Waals surface area contributed by atoms with Crippen molar-refractivity contribution >= 4 is 26.5 Å². The third-order valence-corrected chi connectivity index (χ3v) is 7.99. The predicted molar refractivity (Wildman–Crippen MR) is 109 cm³/mol. The lowest BCUT2D eigenvalue weighted by Gasteiger charge is -2.28. The highest BCUT2D eigenvalue weighted by Gasteiger charge is 2.39. The van der Waals surface area contributed by atoms with Crippen molar-refractivity contribution in [3.63, 3.8) is 0 Å². The van der Waals surface area contributed by atoms with Gasteiger partial charge in [-0.2, -0.15) is 11.8 Å². The Hall–Kier alpha value is -1.13. The largest absolute Gasteiger partial charge is 0.500 e. The van der Waals surface area contributed by atoms with Gasteiger partial charge in [0.15, 0.2) is 0 Å². The molecule has 0 unspecified atom stereocenters. The van der Waals surface area contributed by atoms with Gasteiger partial charge >= 0.3 is 14.8 Å². The molecule has 0 aliphatic carbocycles. The van der Waals surface area contributed by atoms with Crippen molar-refractivity contribution in [2.75, 3.05) is 32.7 Å². The molecule has 0 fully saturated rings. The van der Waals surface area contributed by atoms with Gasteiger partial charge in [-0.1, -0.05) is 6.07 Å². The average Bonchev–Trinajstić information content (AvgIpc) is 2.64. The normalized spacial score (nSPS) is 11.6. The van der Waals surface area contributed by atoms with E-state index in [9.17, 15) is 9.59 Å². The summed E-state index contributed by atoms with van der Waals surface area (Å²) in [6, 6.07) is 4.33. The number of carbonyl (C=O) groups is 1. The molecule has 0 N–H and O–H groups in total. The fourth-order valence-corrected chi connectivity index (χ4v) is 6.40. The van der Waals surface area contributed by atoms with Crippen molar-refractivity contribution in [2.24, 2.45) is 0 Å². The summed E-state index contributed by atoms with van der Waals surface area (Å²) in [4.78, 5) is 23.8. The van der Waals surface area contributed by atoms with Crippen LogP contribution in [0.4, 0.5) is 0 Å². The first kappa shape index (κ1) is 23.9. The van der Waals surface area contributed by atoms with E-state index in [0.717, 1.165) is 18.2 Å². The Morgan fingerprint density at radius 1 is 1.15 bits per heavy atom. The summed E-state index contributed by atoms with van der Waals surface area (Å²) in [5, 5.41) is 0. The summed E-state index contributed by atoms with van der Waals surface area (Å²) < 4.78 is 23.5. The highest BCUT2D eigenvalue weighted by molar-refractivity contribution is 7.98. The Bertz CT molecular complexity index is 607. The molecule has 0 spiro atoms. The number of esters is 1. The second kappa shape index (κ2) is 13.1. The molecule has 0 aliphatic heterocycles. The van der Waals surface area contributed by atoms with Gasteiger partial charge in [0.25, 0.3) is 5.56 Å². The van der Waals surface area contributed by atoms with E-state index in [0.29, 0.717) is 31.1 Å². The molecule has 154 valence electrons. The van der Waals surface area contributed by atoms with Gasteiger partial charge in [-0.05, 0) is 39.0 Å². The molecule has 1 rings (SSSR count). The second-order valence-corrected chi connectivity index (χ2v) is 9.52. The van der Waals surface area contributed by atoms with E-state index < -0.39 is 14.8 Å². The number of carbonyl (C=O) groups excluding carboxylic acids is 1. The Balaban J connectivity index is 2.54. The molecule has 0 aromatic carbocycles. The minimum Gasteiger partial charge on any atom is -0.468 e. The summed E-state index contributed by atoms with van der Waals surface area (Å²) in [7, 11) is -1.29. The molecule has 0 saturated heterocycles. The number of aromatic nitrogens is 1. The SMILES string of the molecule is CCO[Si](CCCSCc1cccn(CC(=O)OC)c1=O)(OCC)OCC. The maximum absolute atomic E-state index is 12.4. The fraction of sp³-hybridized carbons (Fsp3) is 0.667. The molecular formula is C18H31NO6SSi. The van der Waals surface area contributed by atoms with Gasteiger partial charge in [0.2, 0.25) is 0 Å². The van der Waals surface area contributed by atoms with Crippen molar-refractivity contribution in [2.45, 2.75) is 45.5 Å².